The molecule has 3 saturated heterocycles. The Bertz CT molecular complexity index is 854. The Morgan fingerprint density at radius 3 is 2.66 bits per heavy atom. The van der Waals surface area contributed by atoms with Crippen molar-refractivity contribution in [2.75, 3.05) is 0 Å². The quantitative estimate of drug-likeness (QED) is 0.478. The third-order valence-corrected chi connectivity index (χ3v) is 12.2. The van der Waals surface area contributed by atoms with Crippen molar-refractivity contribution in [3.63, 3.8) is 0 Å². The molecule has 0 aromatic heterocycles. The lowest BCUT2D eigenvalue weighted by Gasteiger charge is -2.58. The lowest BCUT2D eigenvalue weighted by atomic mass is 9.44. The van der Waals surface area contributed by atoms with Crippen LogP contribution >= 0.6 is 0 Å². The summed E-state index contributed by atoms with van der Waals surface area (Å²) in [6.07, 6.45) is 10.5. The number of fused-ring (bicyclic) bond motifs is 2. The number of ether oxygens (including phenoxy) is 3. The second-order valence-electron chi connectivity index (χ2n) is 13.5. The fourth-order valence-corrected chi connectivity index (χ4v) is 10.4. The molecule has 4 aliphatic carbocycles. The fraction of sp³-hybridized carbons (Fsp3) is 0.929. The van der Waals surface area contributed by atoms with Crippen LogP contribution in [0.1, 0.15) is 85.5 Å². The standard InChI is InChI=1S/C28H42O4/c1-15(2)16(3)6-10-26(5)21-14-19-23-27(21,24(30-19)32-26)11-8-20-25(4)9-7-18(29)12-17(25)13-22-28(20,23)31-22/h15,17-24,29H,3,6-14H2,1-2,4-5H3. The average molecular weight is 443 g/mol. The van der Waals surface area contributed by atoms with Gasteiger partial charge in [0.2, 0.25) is 0 Å². The molecule has 178 valence electrons. The van der Waals surface area contributed by atoms with Gasteiger partial charge >= 0.3 is 0 Å². The summed E-state index contributed by atoms with van der Waals surface area (Å²) in [6, 6.07) is 0. The van der Waals surface area contributed by atoms with E-state index in [-0.39, 0.29) is 29.0 Å². The van der Waals surface area contributed by atoms with E-state index >= 15 is 0 Å². The molecule has 12 unspecified atom stereocenters. The van der Waals surface area contributed by atoms with Crippen LogP contribution in [0.4, 0.5) is 0 Å². The zero-order valence-corrected chi connectivity index (χ0v) is 20.4. The molecule has 12 atom stereocenters. The second kappa shape index (κ2) is 6.22. The number of epoxide rings is 1. The average Bonchev–Trinajstić information content (AvgIpc) is 3.15. The smallest absolute Gasteiger partial charge is 0.165 e. The molecule has 0 radical (unpaired) electrons. The van der Waals surface area contributed by atoms with Crippen molar-refractivity contribution in [3.05, 3.63) is 12.2 Å². The van der Waals surface area contributed by atoms with Crippen LogP contribution in [0.5, 0.6) is 0 Å². The van der Waals surface area contributed by atoms with Gasteiger partial charge in [-0.2, -0.15) is 0 Å². The Labute approximate surface area is 193 Å². The molecular weight excluding hydrogens is 400 g/mol. The van der Waals surface area contributed by atoms with Crippen molar-refractivity contribution in [2.24, 2.45) is 40.4 Å². The molecule has 32 heavy (non-hydrogen) atoms. The lowest BCUT2D eigenvalue weighted by molar-refractivity contribution is -0.175. The van der Waals surface area contributed by atoms with Crippen LogP contribution < -0.4 is 0 Å². The van der Waals surface area contributed by atoms with Gasteiger partial charge in [0.1, 0.15) is 5.60 Å². The van der Waals surface area contributed by atoms with Crippen LogP contribution in [0.25, 0.3) is 0 Å². The Kier molecular flexibility index (Phi) is 4.07. The Morgan fingerprint density at radius 1 is 1.06 bits per heavy atom. The predicted molar refractivity (Wildman–Crippen MR) is 122 cm³/mol. The highest BCUT2D eigenvalue weighted by Gasteiger charge is 2.87. The van der Waals surface area contributed by atoms with E-state index in [1.54, 1.807) is 0 Å². The Morgan fingerprint density at radius 2 is 1.88 bits per heavy atom. The third-order valence-electron chi connectivity index (χ3n) is 12.2. The number of allylic oxidation sites excluding steroid dienone is 1. The minimum atomic E-state index is -0.106. The first kappa shape index (κ1) is 20.9. The molecule has 7 fully saturated rings. The van der Waals surface area contributed by atoms with Crippen molar-refractivity contribution in [3.8, 4) is 0 Å². The van der Waals surface area contributed by atoms with Gasteiger partial charge in [-0.1, -0.05) is 32.9 Å². The minimum absolute atomic E-state index is 0.0239. The van der Waals surface area contributed by atoms with Crippen LogP contribution in [0.2, 0.25) is 0 Å². The van der Waals surface area contributed by atoms with Gasteiger partial charge in [0.05, 0.1) is 23.9 Å². The van der Waals surface area contributed by atoms with Gasteiger partial charge in [0.15, 0.2) is 6.29 Å². The molecule has 2 spiro atoms. The minimum Gasteiger partial charge on any atom is -0.393 e. The van der Waals surface area contributed by atoms with Gasteiger partial charge in [0.25, 0.3) is 0 Å². The molecule has 3 heterocycles. The van der Waals surface area contributed by atoms with Crippen molar-refractivity contribution in [2.45, 2.75) is 121 Å². The van der Waals surface area contributed by atoms with Crippen LogP contribution in [0.3, 0.4) is 0 Å². The maximum absolute atomic E-state index is 10.4. The first-order valence-electron chi connectivity index (χ1n) is 13.5. The molecular formula is C28H42O4. The highest BCUT2D eigenvalue weighted by molar-refractivity contribution is 5.33. The highest BCUT2D eigenvalue weighted by atomic mass is 16.7. The molecule has 0 aromatic rings. The molecule has 0 aromatic carbocycles. The van der Waals surface area contributed by atoms with Gasteiger partial charge in [-0.25, -0.2) is 0 Å². The summed E-state index contributed by atoms with van der Waals surface area (Å²) in [6.45, 7) is 13.7. The largest absolute Gasteiger partial charge is 0.393 e. The fourth-order valence-electron chi connectivity index (χ4n) is 10.4. The summed E-state index contributed by atoms with van der Waals surface area (Å²) in [7, 11) is 0. The normalized spacial score (nSPS) is 61.2. The van der Waals surface area contributed by atoms with Crippen molar-refractivity contribution >= 4 is 0 Å². The van der Waals surface area contributed by atoms with Crippen LogP contribution in [0, 0.1) is 40.4 Å². The van der Waals surface area contributed by atoms with E-state index in [1.165, 1.54) is 18.4 Å². The van der Waals surface area contributed by atoms with E-state index in [0.29, 0.717) is 47.2 Å². The van der Waals surface area contributed by atoms with Gasteiger partial charge in [-0.15, -0.1) is 0 Å². The molecule has 4 heteroatoms. The van der Waals surface area contributed by atoms with Crippen molar-refractivity contribution < 1.29 is 19.3 Å². The summed E-state index contributed by atoms with van der Waals surface area (Å²) in [5.41, 5.74) is 1.73. The molecule has 2 bridgehead atoms. The molecule has 0 amide bonds. The van der Waals surface area contributed by atoms with Gasteiger partial charge < -0.3 is 19.3 Å². The maximum Gasteiger partial charge on any atom is 0.165 e. The molecule has 7 rings (SSSR count). The van der Waals surface area contributed by atoms with E-state index in [9.17, 15) is 5.11 Å². The third kappa shape index (κ3) is 2.25. The second-order valence-corrected chi connectivity index (χ2v) is 13.5. The first-order valence-corrected chi connectivity index (χ1v) is 13.5. The molecule has 1 N–H and O–H groups in total. The number of hydrogen-bond donors (Lipinski definition) is 1. The van der Waals surface area contributed by atoms with E-state index in [4.69, 9.17) is 14.2 Å². The van der Waals surface area contributed by atoms with Gasteiger partial charge in [0, 0.05) is 17.3 Å². The van der Waals surface area contributed by atoms with Crippen LogP contribution in [-0.4, -0.2) is 40.9 Å². The summed E-state index contributed by atoms with van der Waals surface area (Å²) in [4.78, 5) is 0. The van der Waals surface area contributed by atoms with Gasteiger partial charge in [-0.3, -0.25) is 0 Å². The highest BCUT2D eigenvalue weighted by Crippen LogP contribution is 2.81. The lowest BCUT2D eigenvalue weighted by Crippen LogP contribution is -2.60. The van der Waals surface area contributed by atoms with E-state index < -0.39 is 0 Å². The van der Waals surface area contributed by atoms with E-state index in [2.05, 4.69) is 34.3 Å². The number of rotatable bonds is 4. The van der Waals surface area contributed by atoms with E-state index in [1.807, 2.05) is 0 Å². The first-order chi connectivity index (χ1) is 15.1. The molecule has 4 saturated carbocycles. The summed E-state index contributed by atoms with van der Waals surface area (Å²) in [5.74, 6) is 2.87. The van der Waals surface area contributed by atoms with Crippen LogP contribution in [-0.2, 0) is 14.2 Å². The van der Waals surface area contributed by atoms with Crippen molar-refractivity contribution in [1.29, 1.82) is 0 Å². The summed E-state index contributed by atoms with van der Waals surface area (Å²) in [5, 5.41) is 10.4. The maximum atomic E-state index is 10.4. The van der Waals surface area contributed by atoms with Crippen LogP contribution in [0.15, 0.2) is 12.2 Å². The van der Waals surface area contributed by atoms with E-state index in [0.717, 1.165) is 44.9 Å². The topological polar surface area (TPSA) is 51.2 Å². The Hall–Kier alpha value is -0.420. The molecule has 7 aliphatic rings. The zero-order valence-electron chi connectivity index (χ0n) is 20.4. The Balaban J connectivity index is 1.21. The predicted octanol–water partition coefficient (Wildman–Crippen LogP) is 5.23. The monoisotopic (exact) mass is 442 g/mol. The summed E-state index contributed by atoms with van der Waals surface area (Å²) >= 11 is 0. The SMILES string of the molecule is C=C(CCC1(C)OC2OC3CC1C21CCC2C4(C)CCC(O)CC4CC4OC42C31)C(C)C. The molecule has 4 nitrogen and oxygen atoms in total. The molecule has 3 aliphatic heterocycles. The zero-order chi connectivity index (χ0) is 22.3. The number of aliphatic hydroxyl groups excluding tert-OH is 1. The van der Waals surface area contributed by atoms with Crippen molar-refractivity contribution in [1.82, 2.24) is 0 Å². The number of aliphatic hydroxyl groups is 1. The number of hydrogen-bond acceptors (Lipinski definition) is 4. The summed E-state index contributed by atoms with van der Waals surface area (Å²) < 4.78 is 20.4. The van der Waals surface area contributed by atoms with Gasteiger partial charge in [-0.05, 0) is 87.9 Å².